The van der Waals surface area contributed by atoms with E-state index in [1.165, 1.54) is 30.2 Å². The van der Waals surface area contributed by atoms with Crippen molar-refractivity contribution in [2.24, 2.45) is 0 Å². The van der Waals surface area contributed by atoms with Gasteiger partial charge in [-0.2, -0.15) is 26.3 Å². The maximum Gasteiger partial charge on any atom is 0.424 e. The van der Waals surface area contributed by atoms with Crippen molar-refractivity contribution in [2.75, 3.05) is 13.7 Å². The fourth-order valence-corrected chi connectivity index (χ4v) is 4.91. The highest BCUT2D eigenvalue weighted by Crippen LogP contribution is 2.48. The molecule has 2 aromatic carbocycles. The number of amides is 1. The molecule has 3 atom stereocenters. The van der Waals surface area contributed by atoms with Crippen molar-refractivity contribution in [3.8, 4) is 11.5 Å². The number of rotatable bonds is 6. The quantitative estimate of drug-likeness (QED) is 0.375. The minimum Gasteiger partial charge on any atom is -0.497 e. The smallest absolute Gasteiger partial charge is 0.424 e. The number of methoxy groups -OCH3 is 1. The third-order valence-electron chi connectivity index (χ3n) is 7.22. The Kier molecular flexibility index (Phi) is 8.77. The third kappa shape index (κ3) is 6.33. The molecule has 0 spiro atoms. The summed E-state index contributed by atoms with van der Waals surface area (Å²) in [6.07, 6.45) is -9.89. The Labute approximate surface area is 237 Å². The molecule has 1 aliphatic heterocycles. The van der Waals surface area contributed by atoms with Gasteiger partial charge in [0.2, 0.25) is 11.5 Å². The summed E-state index contributed by atoms with van der Waals surface area (Å²) in [6.45, 7) is 1.52. The second-order valence-corrected chi connectivity index (χ2v) is 9.96. The van der Waals surface area contributed by atoms with E-state index in [9.17, 15) is 40.6 Å². The van der Waals surface area contributed by atoms with E-state index in [1.807, 2.05) is 0 Å². The van der Waals surface area contributed by atoms with Gasteiger partial charge in [0.05, 0.1) is 25.6 Å². The average Bonchev–Trinajstić information content (AvgIpc) is 3.10. The number of nitrogens with zero attached hydrogens (tertiary/aromatic N) is 1. The van der Waals surface area contributed by atoms with Crippen molar-refractivity contribution < 1.29 is 50.1 Å². The maximum absolute atomic E-state index is 14.0. The molecule has 2 aliphatic rings. The molecule has 2 aromatic rings. The van der Waals surface area contributed by atoms with Crippen LogP contribution in [0.3, 0.4) is 0 Å². The first kappa shape index (κ1) is 31.1. The number of allylic oxidation sites excluding steroid dienone is 2. The lowest BCUT2D eigenvalue weighted by Crippen LogP contribution is -2.58. The molecular formula is C30H28F7NO4. The minimum atomic E-state index is -5.27. The Bertz CT molecular complexity index is 1400. The van der Waals surface area contributed by atoms with Gasteiger partial charge >= 0.3 is 12.4 Å². The molecular weight excluding hydrogens is 571 g/mol. The zero-order valence-electron chi connectivity index (χ0n) is 22.6. The lowest BCUT2D eigenvalue weighted by Gasteiger charge is -2.40. The molecule has 1 fully saturated rings. The van der Waals surface area contributed by atoms with Crippen LogP contribution in [-0.2, 0) is 17.4 Å². The summed E-state index contributed by atoms with van der Waals surface area (Å²) in [6, 6.07) is 10.7. The van der Waals surface area contributed by atoms with Crippen LogP contribution in [0.4, 0.5) is 30.7 Å². The topological polar surface area (TPSA) is 59.0 Å². The van der Waals surface area contributed by atoms with Crippen LogP contribution in [0, 0.1) is 0 Å². The highest BCUT2D eigenvalue weighted by atomic mass is 19.4. The van der Waals surface area contributed by atoms with E-state index >= 15 is 0 Å². The number of halogens is 7. The summed E-state index contributed by atoms with van der Waals surface area (Å²) < 4.78 is 105. The Morgan fingerprint density at radius 2 is 1.76 bits per heavy atom. The highest BCUT2D eigenvalue weighted by molar-refractivity contribution is 5.81. The van der Waals surface area contributed by atoms with Gasteiger partial charge in [0, 0.05) is 11.8 Å². The molecule has 5 nitrogen and oxygen atoms in total. The molecule has 4 rings (SSSR count). The van der Waals surface area contributed by atoms with Gasteiger partial charge in [-0.05, 0) is 66.8 Å². The Balaban J connectivity index is 1.67. The number of ether oxygens (including phenoxy) is 2. The fraction of sp³-hybridized carbons (Fsp3) is 0.367. The standard InChI is InChI=1S/C30H28F7NO4/c1-3-25-19(14-21-15-26(31)28(21,40)30(35,36)37)9-12-24(42-23-6-4-5-22(16-23)41-2)17-38(25)27(39)13-18-7-10-20(11-8-18)29(32,33)34/h3-8,10-11,14-16,24,26,40H,9,12-13,17H2,1-2H3/b19-14-,25-3+/t24-,26?,28?/m0/s1. The number of carbonyl (C=O) groups is 1. The fourth-order valence-electron chi connectivity index (χ4n) is 4.91. The van der Waals surface area contributed by atoms with Crippen LogP contribution in [0.2, 0.25) is 0 Å². The Morgan fingerprint density at radius 3 is 2.33 bits per heavy atom. The highest BCUT2D eigenvalue weighted by Gasteiger charge is 2.65. The Morgan fingerprint density at radius 1 is 1.10 bits per heavy atom. The molecule has 1 saturated heterocycles. The van der Waals surface area contributed by atoms with Crippen molar-refractivity contribution in [3.05, 3.63) is 94.7 Å². The molecule has 0 radical (unpaired) electrons. The second kappa shape index (κ2) is 11.8. The number of hydrogen-bond acceptors (Lipinski definition) is 4. The maximum atomic E-state index is 14.0. The number of aliphatic hydroxyl groups is 1. The molecule has 1 aliphatic carbocycles. The number of alkyl halides is 7. The first-order chi connectivity index (χ1) is 19.7. The van der Waals surface area contributed by atoms with Crippen LogP contribution in [-0.4, -0.2) is 53.6 Å². The van der Waals surface area contributed by atoms with Gasteiger partial charge in [0.1, 0.15) is 17.6 Å². The SMILES string of the molecule is C/C=C1\C(=C/C2=CC(F)C2(O)C(F)(F)F)CC[C@H](Oc2cccc(OC)c2)CN1C(=O)Cc1ccc(C(F)(F)F)cc1. The summed E-state index contributed by atoms with van der Waals surface area (Å²) in [4.78, 5) is 14.9. The molecule has 226 valence electrons. The van der Waals surface area contributed by atoms with E-state index in [-0.39, 0.29) is 42.6 Å². The second-order valence-electron chi connectivity index (χ2n) is 9.96. The molecule has 2 unspecified atom stereocenters. The Hall–Kier alpha value is -3.80. The van der Waals surface area contributed by atoms with Gasteiger partial charge in [0.25, 0.3) is 0 Å². The van der Waals surface area contributed by atoms with E-state index in [2.05, 4.69) is 0 Å². The molecule has 1 amide bonds. The molecule has 1 N–H and O–H groups in total. The van der Waals surface area contributed by atoms with Gasteiger partial charge in [-0.15, -0.1) is 0 Å². The lowest BCUT2D eigenvalue weighted by atomic mass is 9.76. The number of likely N-dealkylation sites (tertiary alicyclic amines) is 1. The van der Waals surface area contributed by atoms with Gasteiger partial charge in [-0.1, -0.05) is 30.4 Å². The van der Waals surface area contributed by atoms with Crippen molar-refractivity contribution in [1.29, 1.82) is 0 Å². The average molecular weight is 600 g/mol. The van der Waals surface area contributed by atoms with Crippen molar-refractivity contribution in [1.82, 2.24) is 4.90 Å². The van der Waals surface area contributed by atoms with Crippen LogP contribution < -0.4 is 9.47 Å². The lowest BCUT2D eigenvalue weighted by molar-refractivity contribution is -0.265. The van der Waals surface area contributed by atoms with Crippen LogP contribution in [0.5, 0.6) is 11.5 Å². The van der Waals surface area contributed by atoms with Crippen molar-refractivity contribution in [3.63, 3.8) is 0 Å². The summed E-state index contributed by atoms with van der Waals surface area (Å²) >= 11 is 0. The largest absolute Gasteiger partial charge is 0.497 e. The molecule has 1 heterocycles. The summed E-state index contributed by atoms with van der Waals surface area (Å²) in [7, 11) is 1.47. The van der Waals surface area contributed by atoms with E-state index in [0.717, 1.165) is 18.2 Å². The molecule has 42 heavy (non-hydrogen) atoms. The van der Waals surface area contributed by atoms with E-state index in [0.29, 0.717) is 17.6 Å². The van der Waals surface area contributed by atoms with Crippen molar-refractivity contribution in [2.45, 2.75) is 56.4 Å². The first-order valence-electron chi connectivity index (χ1n) is 13.0. The third-order valence-corrected chi connectivity index (χ3v) is 7.22. The van der Waals surface area contributed by atoms with Crippen LogP contribution in [0.25, 0.3) is 0 Å². The summed E-state index contributed by atoms with van der Waals surface area (Å²) in [5.74, 6) is 0.375. The van der Waals surface area contributed by atoms with E-state index in [1.54, 1.807) is 31.2 Å². The zero-order chi connectivity index (χ0) is 30.9. The van der Waals surface area contributed by atoms with Crippen LogP contribution in [0.15, 0.2) is 83.6 Å². The normalized spacial score (nSPS) is 25.1. The molecule has 0 saturated carbocycles. The zero-order valence-corrected chi connectivity index (χ0v) is 22.6. The summed E-state index contributed by atoms with van der Waals surface area (Å²) in [5.41, 5.74) is -4.50. The van der Waals surface area contributed by atoms with Gasteiger partial charge < -0.3 is 19.5 Å². The van der Waals surface area contributed by atoms with E-state index < -0.39 is 47.3 Å². The first-order valence-corrected chi connectivity index (χ1v) is 13.0. The summed E-state index contributed by atoms with van der Waals surface area (Å²) in [5, 5.41) is 10.2. The van der Waals surface area contributed by atoms with Gasteiger partial charge in [-0.3, -0.25) is 4.79 Å². The molecule has 0 aromatic heterocycles. The monoisotopic (exact) mass is 599 g/mol. The number of hydrogen-bond donors (Lipinski definition) is 1. The molecule has 12 heteroatoms. The van der Waals surface area contributed by atoms with Gasteiger partial charge in [-0.25, -0.2) is 4.39 Å². The van der Waals surface area contributed by atoms with Crippen LogP contribution >= 0.6 is 0 Å². The number of carbonyl (C=O) groups excluding carboxylic acids is 1. The molecule has 0 bridgehead atoms. The predicted octanol–water partition coefficient (Wildman–Crippen LogP) is 6.73. The van der Waals surface area contributed by atoms with Crippen molar-refractivity contribution >= 4 is 5.91 Å². The number of benzene rings is 2. The van der Waals surface area contributed by atoms with Gasteiger partial charge in [0.15, 0.2) is 6.17 Å². The van der Waals surface area contributed by atoms with Crippen LogP contribution in [0.1, 0.15) is 30.9 Å². The van der Waals surface area contributed by atoms with E-state index in [4.69, 9.17) is 9.47 Å². The minimum absolute atomic E-state index is 0.0397. The predicted molar refractivity (Wildman–Crippen MR) is 139 cm³/mol.